The van der Waals surface area contributed by atoms with Crippen LogP contribution in [0, 0.1) is 0 Å². The summed E-state index contributed by atoms with van der Waals surface area (Å²) in [5.74, 6) is -3.16. The molecule has 0 saturated heterocycles. The van der Waals surface area contributed by atoms with E-state index in [4.69, 9.17) is 15.9 Å². The summed E-state index contributed by atoms with van der Waals surface area (Å²) in [7, 11) is 0. The zero-order valence-corrected chi connectivity index (χ0v) is 18.9. The molecule has 1 aromatic carbocycles. The number of carboxylic acids is 2. The molecule has 0 fully saturated rings. The van der Waals surface area contributed by atoms with Crippen molar-refractivity contribution in [2.75, 3.05) is 11.1 Å². The first kappa shape index (κ1) is 25.4. The predicted molar refractivity (Wildman–Crippen MR) is 112 cm³/mol. The number of carbonyl (C=O) groups is 3. The number of carboxylic acid groups (broad SMARTS) is 2. The van der Waals surface area contributed by atoms with Crippen molar-refractivity contribution in [2.45, 2.75) is 25.4 Å². The zero-order valence-electron chi connectivity index (χ0n) is 16.9. The van der Waals surface area contributed by atoms with E-state index in [1.807, 2.05) is 0 Å². The molecule has 1 atom stereocenters. The molecule has 33 heavy (non-hydrogen) atoms. The molecule has 0 aliphatic carbocycles. The number of amides is 1. The van der Waals surface area contributed by atoms with Gasteiger partial charge in [-0.3, -0.25) is 19.4 Å². The van der Waals surface area contributed by atoms with Crippen LogP contribution in [0.2, 0.25) is 0 Å². The molecular weight excluding hydrogens is 518 g/mol. The van der Waals surface area contributed by atoms with Crippen LogP contribution in [0.5, 0.6) is 0 Å². The summed E-state index contributed by atoms with van der Waals surface area (Å²) in [4.78, 5) is 60.6. The van der Waals surface area contributed by atoms with Crippen molar-refractivity contribution in [3.63, 3.8) is 0 Å². The maximum absolute atomic E-state index is 12.3. The molecule has 3 aromatic rings. The SMILES string of the molecule is Nc1nc2ncc(CNc3ccc(C(=O)NC(CCC(=O)O)C(=O)O)cc3)nc2c(=O)[nH]1.[Mo]. The van der Waals surface area contributed by atoms with Crippen molar-refractivity contribution in [2.24, 2.45) is 0 Å². The minimum absolute atomic E-state index is 0. The molecule has 14 heteroatoms. The van der Waals surface area contributed by atoms with Crippen LogP contribution in [0.4, 0.5) is 11.6 Å². The Kier molecular flexibility index (Phi) is 8.57. The van der Waals surface area contributed by atoms with Gasteiger partial charge in [0.15, 0.2) is 11.2 Å². The normalized spacial score (nSPS) is 11.3. The Morgan fingerprint density at radius 2 is 1.82 bits per heavy atom. The summed E-state index contributed by atoms with van der Waals surface area (Å²) in [5.41, 5.74) is 6.47. The van der Waals surface area contributed by atoms with Gasteiger partial charge in [-0.25, -0.2) is 14.8 Å². The fraction of sp³-hybridized carbons (Fsp3) is 0.211. The van der Waals surface area contributed by atoms with E-state index in [1.165, 1.54) is 18.3 Å². The Hall–Kier alpha value is -3.86. The van der Waals surface area contributed by atoms with E-state index in [9.17, 15) is 19.2 Å². The maximum atomic E-state index is 12.3. The molecule has 0 spiro atoms. The van der Waals surface area contributed by atoms with Gasteiger partial charge in [-0.05, 0) is 30.7 Å². The molecule has 172 valence electrons. The standard InChI is InChI=1S/C19H19N7O6.Mo/c20-19-25-15-14(17(30)26-19)23-11(8-22-15)7-21-10-3-1-9(2-4-10)16(29)24-12(18(31)32)5-6-13(27)28;/h1-4,8,12,21H,5-7H2,(H,24,29)(H,27,28)(H,31,32)(H3,20,22,25,26,30);. The number of aromatic nitrogens is 4. The van der Waals surface area contributed by atoms with Gasteiger partial charge in [-0.1, -0.05) is 0 Å². The van der Waals surface area contributed by atoms with Crippen molar-refractivity contribution < 1.29 is 45.7 Å². The Morgan fingerprint density at radius 1 is 1.12 bits per heavy atom. The average Bonchev–Trinajstić information content (AvgIpc) is 2.75. The van der Waals surface area contributed by atoms with Crippen LogP contribution >= 0.6 is 0 Å². The number of benzene rings is 1. The molecule has 13 nitrogen and oxygen atoms in total. The Balaban J connectivity index is 0.00000385. The fourth-order valence-corrected chi connectivity index (χ4v) is 2.75. The first-order valence-corrected chi connectivity index (χ1v) is 9.33. The van der Waals surface area contributed by atoms with Gasteiger partial charge in [0.2, 0.25) is 5.95 Å². The second kappa shape index (κ2) is 11.1. The summed E-state index contributed by atoms with van der Waals surface area (Å²) >= 11 is 0. The first-order chi connectivity index (χ1) is 15.2. The first-order valence-electron chi connectivity index (χ1n) is 9.33. The average molecular weight is 537 g/mol. The molecular formula is C19H19MoN7O6. The van der Waals surface area contributed by atoms with Crippen LogP contribution in [0.3, 0.4) is 0 Å². The molecule has 0 radical (unpaired) electrons. The second-order valence-electron chi connectivity index (χ2n) is 6.71. The number of carbonyl (C=O) groups excluding carboxylic acids is 1. The molecule has 0 saturated carbocycles. The summed E-state index contributed by atoms with van der Waals surface area (Å²) in [5, 5.41) is 23.2. The molecule has 3 rings (SSSR count). The minimum Gasteiger partial charge on any atom is -0.481 e. The van der Waals surface area contributed by atoms with Crippen LogP contribution in [-0.2, 0) is 37.2 Å². The quantitative estimate of drug-likeness (QED) is 0.199. The molecule has 7 N–H and O–H groups in total. The third kappa shape index (κ3) is 6.81. The number of nitrogens with zero attached hydrogens (tertiary/aromatic N) is 3. The molecule has 1 unspecified atom stereocenters. The number of hydrogen-bond acceptors (Lipinski definition) is 9. The van der Waals surface area contributed by atoms with Crippen molar-refractivity contribution in [3.8, 4) is 0 Å². The van der Waals surface area contributed by atoms with E-state index < -0.39 is 29.4 Å². The molecule has 2 heterocycles. The van der Waals surface area contributed by atoms with Crippen LogP contribution in [0.25, 0.3) is 11.2 Å². The van der Waals surface area contributed by atoms with E-state index in [0.29, 0.717) is 11.4 Å². The number of hydrogen-bond donors (Lipinski definition) is 6. The van der Waals surface area contributed by atoms with Gasteiger partial charge in [0.1, 0.15) is 6.04 Å². The third-order valence-electron chi connectivity index (χ3n) is 4.36. The summed E-state index contributed by atoms with van der Waals surface area (Å²) in [6.07, 6.45) is 0.840. The number of aliphatic carboxylic acids is 2. The number of nitrogens with one attached hydrogen (secondary N) is 3. The monoisotopic (exact) mass is 539 g/mol. The van der Waals surface area contributed by atoms with Gasteiger partial charge < -0.3 is 26.6 Å². The van der Waals surface area contributed by atoms with E-state index in [1.54, 1.807) is 12.1 Å². The van der Waals surface area contributed by atoms with E-state index in [2.05, 4.69) is 30.6 Å². The van der Waals surface area contributed by atoms with Gasteiger partial charge >= 0.3 is 11.9 Å². The van der Waals surface area contributed by atoms with Crippen molar-refractivity contribution in [3.05, 3.63) is 52.1 Å². The van der Waals surface area contributed by atoms with Gasteiger partial charge in [0, 0.05) is 38.7 Å². The van der Waals surface area contributed by atoms with Gasteiger partial charge in [-0.15, -0.1) is 0 Å². The number of rotatable bonds is 9. The Labute approximate surface area is 200 Å². The summed E-state index contributed by atoms with van der Waals surface area (Å²) < 4.78 is 0. The van der Waals surface area contributed by atoms with Crippen LogP contribution in [0.1, 0.15) is 28.9 Å². The predicted octanol–water partition coefficient (Wildman–Crippen LogP) is -0.0473. The largest absolute Gasteiger partial charge is 0.481 e. The number of aromatic amines is 1. The van der Waals surface area contributed by atoms with Gasteiger partial charge in [0.25, 0.3) is 11.5 Å². The number of H-pyrrole nitrogens is 1. The molecule has 0 aliphatic heterocycles. The fourth-order valence-electron chi connectivity index (χ4n) is 2.75. The number of nitrogen functional groups attached to an aromatic ring is 1. The maximum Gasteiger partial charge on any atom is 0.326 e. The molecule has 0 aliphatic rings. The van der Waals surface area contributed by atoms with Gasteiger partial charge in [0.05, 0.1) is 18.4 Å². The van der Waals surface area contributed by atoms with Crippen LogP contribution in [0.15, 0.2) is 35.3 Å². The van der Waals surface area contributed by atoms with Crippen LogP contribution < -0.4 is 21.9 Å². The third-order valence-corrected chi connectivity index (χ3v) is 4.36. The van der Waals surface area contributed by atoms with E-state index in [-0.39, 0.29) is 63.1 Å². The summed E-state index contributed by atoms with van der Waals surface area (Å²) in [6, 6.07) is 4.86. The smallest absolute Gasteiger partial charge is 0.326 e. The Morgan fingerprint density at radius 3 is 2.45 bits per heavy atom. The minimum atomic E-state index is -1.31. The summed E-state index contributed by atoms with van der Waals surface area (Å²) in [6.45, 7) is 0.231. The molecule has 1 amide bonds. The number of fused-ring (bicyclic) bond motifs is 1. The number of anilines is 2. The molecule has 0 bridgehead atoms. The Bertz CT molecular complexity index is 1230. The van der Waals surface area contributed by atoms with Gasteiger partial charge in [-0.2, -0.15) is 4.98 Å². The van der Waals surface area contributed by atoms with E-state index >= 15 is 0 Å². The number of nitrogens with two attached hydrogens (primary N) is 1. The van der Waals surface area contributed by atoms with Crippen molar-refractivity contribution >= 4 is 40.6 Å². The van der Waals surface area contributed by atoms with E-state index in [0.717, 1.165) is 0 Å². The topological polar surface area (TPSA) is 213 Å². The van der Waals surface area contributed by atoms with Crippen LogP contribution in [-0.4, -0.2) is 54.0 Å². The van der Waals surface area contributed by atoms with Crippen molar-refractivity contribution in [1.29, 1.82) is 0 Å². The molecule has 2 aromatic heterocycles. The zero-order chi connectivity index (χ0) is 23.3. The second-order valence-corrected chi connectivity index (χ2v) is 6.71. The van der Waals surface area contributed by atoms with Crippen molar-refractivity contribution in [1.82, 2.24) is 25.3 Å².